The summed E-state index contributed by atoms with van der Waals surface area (Å²) in [7, 11) is 0. The predicted octanol–water partition coefficient (Wildman–Crippen LogP) is 1.66. The molecule has 0 heterocycles. The zero-order valence-electron chi connectivity index (χ0n) is 9.58. The van der Waals surface area contributed by atoms with E-state index in [9.17, 15) is 9.59 Å². The van der Waals surface area contributed by atoms with Crippen molar-refractivity contribution in [1.29, 1.82) is 0 Å². The fourth-order valence-electron chi connectivity index (χ4n) is 3.33. The normalized spacial score (nSPS) is 38.2. The minimum Gasteiger partial charge on any atom is -0.353 e. The van der Waals surface area contributed by atoms with Gasteiger partial charge in [0.15, 0.2) is 0 Å². The fraction of sp³-hybridized carbons (Fsp3) is 0.846. The van der Waals surface area contributed by atoms with Gasteiger partial charge in [-0.3, -0.25) is 9.59 Å². The van der Waals surface area contributed by atoms with Gasteiger partial charge in [0.05, 0.1) is 0 Å². The van der Waals surface area contributed by atoms with Crippen LogP contribution >= 0.6 is 0 Å². The van der Waals surface area contributed by atoms with E-state index in [0.29, 0.717) is 18.6 Å². The highest BCUT2D eigenvalue weighted by molar-refractivity contribution is 5.81. The molecule has 3 rings (SSSR count). The van der Waals surface area contributed by atoms with Crippen LogP contribution in [0.15, 0.2) is 0 Å². The van der Waals surface area contributed by atoms with Crippen molar-refractivity contribution in [2.45, 2.75) is 51.0 Å². The Morgan fingerprint density at radius 3 is 2.31 bits per heavy atom. The lowest BCUT2D eigenvalue weighted by Crippen LogP contribution is -2.40. The Balaban J connectivity index is 1.47. The second kappa shape index (κ2) is 3.86. The summed E-state index contributed by atoms with van der Waals surface area (Å²) in [5.74, 6) is 2.62. The van der Waals surface area contributed by atoms with Gasteiger partial charge < -0.3 is 5.32 Å². The maximum atomic E-state index is 12.0. The zero-order valence-corrected chi connectivity index (χ0v) is 9.58. The maximum absolute atomic E-state index is 12.0. The van der Waals surface area contributed by atoms with Crippen LogP contribution in [0.1, 0.15) is 44.9 Å². The zero-order chi connectivity index (χ0) is 11.1. The number of carbonyl (C=O) groups excluding carboxylic acids is 2. The highest BCUT2D eigenvalue weighted by Gasteiger charge is 2.48. The van der Waals surface area contributed by atoms with Gasteiger partial charge in [-0.15, -0.1) is 0 Å². The summed E-state index contributed by atoms with van der Waals surface area (Å²) >= 11 is 0. The number of fused-ring (bicyclic) bond motifs is 1. The lowest BCUT2D eigenvalue weighted by Gasteiger charge is -2.24. The van der Waals surface area contributed by atoms with E-state index >= 15 is 0 Å². The van der Waals surface area contributed by atoms with Gasteiger partial charge in [0.2, 0.25) is 5.91 Å². The first kappa shape index (κ1) is 10.3. The van der Waals surface area contributed by atoms with Crippen molar-refractivity contribution in [3.63, 3.8) is 0 Å². The molecule has 2 unspecified atom stereocenters. The molecule has 3 nitrogen and oxygen atoms in total. The molecule has 0 aliphatic heterocycles. The molecule has 0 radical (unpaired) electrons. The number of carbonyl (C=O) groups is 2. The molecular formula is C13H19NO2. The first-order valence-electron chi connectivity index (χ1n) is 6.54. The van der Waals surface area contributed by atoms with E-state index in [0.717, 1.165) is 37.5 Å². The monoisotopic (exact) mass is 221 g/mol. The number of hydrogen-bond acceptors (Lipinski definition) is 2. The van der Waals surface area contributed by atoms with E-state index in [2.05, 4.69) is 5.32 Å². The van der Waals surface area contributed by atoms with E-state index in [4.69, 9.17) is 0 Å². The van der Waals surface area contributed by atoms with Gasteiger partial charge in [0, 0.05) is 24.8 Å². The molecule has 1 amide bonds. The third-order valence-corrected chi connectivity index (χ3v) is 4.50. The Hall–Kier alpha value is -0.860. The maximum Gasteiger partial charge on any atom is 0.223 e. The number of amides is 1. The summed E-state index contributed by atoms with van der Waals surface area (Å²) in [6, 6.07) is 0.266. The van der Waals surface area contributed by atoms with Crippen molar-refractivity contribution in [3.8, 4) is 0 Å². The van der Waals surface area contributed by atoms with E-state index in [-0.39, 0.29) is 17.9 Å². The number of rotatable bonds is 2. The van der Waals surface area contributed by atoms with Crippen LogP contribution in [0.4, 0.5) is 0 Å². The van der Waals surface area contributed by atoms with Crippen LogP contribution in [-0.4, -0.2) is 17.7 Å². The van der Waals surface area contributed by atoms with Gasteiger partial charge in [-0.25, -0.2) is 0 Å². The molecular weight excluding hydrogens is 202 g/mol. The van der Waals surface area contributed by atoms with Crippen LogP contribution < -0.4 is 5.32 Å². The molecule has 0 aromatic heterocycles. The third-order valence-electron chi connectivity index (χ3n) is 4.50. The van der Waals surface area contributed by atoms with Crippen LogP contribution in [-0.2, 0) is 9.59 Å². The molecule has 88 valence electrons. The van der Waals surface area contributed by atoms with Gasteiger partial charge in [0.1, 0.15) is 5.78 Å². The largest absolute Gasteiger partial charge is 0.353 e. The molecule has 3 heteroatoms. The molecule has 1 N–H and O–H groups in total. The summed E-state index contributed by atoms with van der Waals surface area (Å²) in [4.78, 5) is 23.1. The van der Waals surface area contributed by atoms with Crippen LogP contribution in [0.25, 0.3) is 0 Å². The first-order valence-corrected chi connectivity index (χ1v) is 6.54. The lowest BCUT2D eigenvalue weighted by atomic mass is 9.93. The first-order chi connectivity index (χ1) is 7.72. The molecule has 3 aliphatic carbocycles. The SMILES string of the molecule is O=C1CCC(NC(=O)C2CC3CC3C2)CC1. The number of Topliss-reactive ketones (excluding diaryl/α,β-unsaturated/α-hetero) is 1. The lowest BCUT2D eigenvalue weighted by molar-refractivity contribution is -0.127. The summed E-state index contributed by atoms with van der Waals surface area (Å²) in [6.45, 7) is 0. The highest BCUT2D eigenvalue weighted by Crippen LogP contribution is 2.54. The van der Waals surface area contributed by atoms with E-state index in [1.54, 1.807) is 0 Å². The second-order valence-electron chi connectivity index (χ2n) is 5.75. The summed E-state index contributed by atoms with van der Waals surface area (Å²) in [5.41, 5.74) is 0. The summed E-state index contributed by atoms with van der Waals surface area (Å²) in [5, 5.41) is 3.13. The number of ketones is 1. The molecule has 0 aromatic carbocycles. The Labute approximate surface area is 96.0 Å². The third kappa shape index (κ3) is 2.00. The Kier molecular flexibility index (Phi) is 2.49. The quantitative estimate of drug-likeness (QED) is 0.770. The molecule has 2 atom stereocenters. The molecule has 3 aliphatic rings. The summed E-state index contributed by atoms with van der Waals surface area (Å²) in [6.07, 6.45) is 6.60. The van der Waals surface area contributed by atoms with Crippen molar-refractivity contribution >= 4 is 11.7 Å². The predicted molar refractivity (Wildman–Crippen MR) is 59.7 cm³/mol. The van der Waals surface area contributed by atoms with E-state index in [1.807, 2.05) is 0 Å². The average molecular weight is 221 g/mol. The van der Waals surface area contributed by atoms with Gasteiger partial charge in [-0.1, -0.05) is 0 Å². The van der Waals surface area contributed by atoms with Gasteiger partial charge in [-0.05, 0) is 43.9 Å². The second-order valence-corrected chi connectivity index (χ2v) is 5.75. The van der Waals surface area contributed by atoms with Crippen LogP contribution in [0.2, 0.25) is 0 Å². The standard InChI is InChI=1S/C13H19NO2/c15-12-3-1-11(2-4-12)14-13(16)10-6-8-5-9(8)7-10/h8-11H,1-7H2,(H,14,16). The summed E-state index contributed by atoms with van der Waals surface area (Å²) < 4.78 is 0. The van der Waals surface area contributed by atoms with Crippen molar-refractivity contribution in [2.24, 2.45) is 17.8 Å². The average Bonchev–Trinajstić information content (AvgIpc) is 2.89. The van der Waals surface area contributed by atoms with Gasteiger partial charge >= 0.3 is 0 Å². The molecule has 16 heavy (non-hydrogen) atoms. The van der Waals surface area contributed by atoms with Crippen LogP contribution in [0.5, 0.6) is 0 Å². The Bertz CT molecular complexity index is 306. The number of hydrogen-bond donors (Lipinski definition) is 1. The molecule has 3 fully saturated rings. The van der Waals surface area contributed by atoms with Crippen molar-refractivity contribution in [3.05, 3.63) is 0 Å². The van der Waals surface area contributed by atoms with Crippen LogP contribution in [0, 0.1) is 17.8 Å². The van der Waals surface area contributed by atoms with Crippen molar-refractivity contribution < 1.29 is 9.59 Å². The van der Waals surface area contributed by atoms with Crippen molar-refractivity contribution in [1.82, 2.24) is 5.32 Å². The molecule has 3 saturated carbocycles. The topological polar surface area (TPSA) is 46.2 Å². The Morgan fingerprint density at radius 2 is 1.69 bits per heavy atom. The Morgan fingerprint density at radius 1 is 1.06 bits per heavy atom. The molecule has 0 bridgehead atoms. The molecule has 0 spiro atoms. The van der Waals surface area contributed by atoms with Crippen molar-refractivity contribution in [2.75, 3.05) is 0 Å². The van der Waals surface area contributed by atoms with Crippen LogP contribution in [0.3, 0.4) is 0 Å². The minimum atomic E-state index is 0.256. The highest BCUT2D eigenvalue weighted by atomic mass is 16.2. The van der Waals surface area contributed by atoms with Gasteiger partial charge in [0.25, 0.3) is 0 Å². The van der Waals surface area contributed by atoms with Gasteiger partial charge in [-0.2, -0.15) is 0 Å². The molecule has 0 saturated heterocycles. The fourth-order valence-corrected chi connectivity index (χ4v) is 3.33. The molecule has 0 aromatic rings. The van der Waals surface area contributed by atoms with E-state index in [1.165, 1.54) is 6.42 Å². The van der Waals surface area contributed by atoms with E-state index < -0.39 is 0 Å². The smallest absolute Gasteiger partial charge is 0.223 e. The minimum absolute atomic E-state index is 0.256. The number of nitrogens with one attached hydrogen (secondary N) is 1.